The number of primary amides is 1. The number of anilines is 1. The van der Waals surface area contributed by atoms with E-state index in [2.05, 4.69) is 5.32 Å². The third-order valence-electron chi connectivity index (χ3n) is 4.40. The largest absolute Gasteiger partial charge is 0.368 e. The highest BCUT2D eigenvalue weighted by molar-refractivity contribution is 6.11. The molecular formula is C18H23N5O6. The molecule has 0 spiro atoms. The Balaban J connectivity index is 2.37. The molecule has 0 fully saturated rings. The van der Waals surface area contributed by atoms with Crippen LogP contribution in [0.5, 0.6) is 0 Å². The maximum Gasteiger partial charge on any atom is 0.270 e. The van der Waals surface area contributed by atoms with Crippen LogP contribution in [0, 0.1) is 16.0 Å². The first-order valence-electron chi connectivity index (χ1n) is 8.97. The Hall–Kier alpha value is -3.50. The number of carbonyl (C=O) groups is 4. The number of non-ortho nitro benzene ring substituents is 1. The van der Waals surface area contributed by atoms with E-state index in [-0.39, 0.29) is 35.9 Å². The van der Waals surface area contributed by atoms with Crippen LogP contribution in [-0.4, -0.2) is 64.0 Å². The molecule has 156 valence electrons. The normalized spacial score (nSPS) is 16.1. The van der Waals surface area contributed by atoms with Gasteiger partial charge in [-0.3, -0.25) is 29.3 Å². The van der Waals surface area contributed by atoms with Crippen molar-refractivity contribution in [1.82, 2.24) is 9.80 Å². The van der Waals surface area contributed by atoms with E-state index in [1.54, 1.807) is 0 Å². The molecule has 29 heavy (non-hydrogen) atoms. The average Bonchev–Trinajstić information content (AvgIpc) is 2.70. The molecule has 4 amide bonds. The van der Waals surface area contributed by atoms with Gasteiger partial charge in [0.05, 0.1) is 22.7 Å². The van der Waals surface area contributed by atoms with Crippen LogP contribution < -0.4 is 11.1 Å². The molecular weight excluding hydrogens is 382 g/mol. The van der Waals surface area contributed by atoms with Gasteiger partial charge in [-0.2, -0.15) is 0 Å². The van der Waals surface area contributed by atoms with E-state index in [4.69, 9.17) is 5.73 Å². The summed E-state index contributed by atoms with van der Waals surface area (Å²) in [6, 6.07) is 2.50. The summed E-state index contributed by atoms with van der Waals surface area (Å²) in [5, 5.41) is 13.6. The van der Waals surface area contributed by atoms with E-state index in [1.807, 2.05) is 13.8 Å². The summed E-state index contributed by atoms with van der Waals surface area (Å²) in [5.74, 6) is -2.45. The van der Waals surface area contributed by atoms with Crippen LogP contribution in [0.4, 0.5) is 11.4 Å². The summed E-state index contributed by atoms with van der Waals surface area (Å²) < 4.78 is 0. The van der Waals surface area contributed by atoms with Crippen LogP contribution in [0.25, 0.3) is 0 Å². The topological polar surface area (TPSA) is 156 Å². The smallest absolute Gasteiger partial charge is 0.270 e. The third kappa shape index (κ3) is 5.06. The number of nitro groups is 1. The van der Waals surface area contributed by atoms with Crippen LogP contribution in [0.3, 0.4) is 0 Å². The summed E-state index contributed by atoms with van der Waals surface area (Å²) in [4.78, 5) is 62.2. The first-order chi connectivity index (χ1) is 13.5. The van der Waals surface area contributed by atoms with Crippen molar-refractivity contribution < 1.29 is 24.1 Å². The third-order valence-corrected chi connectivity index (χ3v) is 4.40. The van der Waals surface area contributed by atoms with Gasteiger partial charge in [-0.1, -0.05) is 13.8 Å². The summed E-state index contributed by atoms with van der Waals surface area (Å²) in [5.41, 5.74) is 4.93. The van der Waals surface area contributed by atoms with Crippen LogP contribution in [0.2, 0.25) is 0 Å². The van der Waals surface area contributed by atoms with Crippen molar-refractivity contribution >= 4 is 35.0 Å². The van der Waals surface area contributed by atoms with Gasteiger partial charge in [0.15, 0.2) is 0 Å². The zero-order chi connectivity index (χ0) is 21.9. The molecule has 0 unspecified atom stereocenters. The SMILES string of the molecule is CC(C)CN(CC(N)=O)C(=O)CN1C(=O)c2cc([N+](=O)[O-])ccc2NC(=O)[C@@H]1C. The Bertz CT molecular complexity index is 868. The lowest BCUT2D eigenvalue weighted by Gasteiger charge is -2.29. The molecule has 0 aliphatic carbocycles. The predicted molar refractivity (Wildman–Crippen MR) is 103 cm³/mol. The van der Waals surface area contributed by atoms with Crippen molar-refractivity contribution in [1.29, 1.82) is 0 Å². The second-order valence-corrected chi connectivity index (χ2v) is 7.22. The van der Waals surface area contributed by atoms with Crippen molar-refractivity contribution in [3.8, 4) is 0 Å². The lowest BCUT2D eigenvalue weighted by Crippen LogP contribution is -2.51. The van der Waals surface area contributed by atoms with Gasteiger partial charge in [0, 0.05) is 18.7 Å². The number of hydrogen-bond donors (Lipinski definition) is 2. The quantitative estimate of drug-likeness (QED) is 0.492. The summed E-state index contributed by atoms with van der Waals surface area (Å²) in [6.45, 7) is 4.60. The van der Waals surface area contributed by atoms with Crippen LogP contribution in [0.1, 0.15) is 31.1 Å². The molecule has 0 bridgehead atoms. The van der Waals surface area contributed by atoms with E-state index in [1.165, 1.54) is 24.0 Å². The van der Waals surface area contributed by atoms with Crippen LogP contribution in [0.15, 0.2) is 18.2 Å². The predicted octanol–water partition coefficient (Wildman–Crippen LogP) is 0.348. The number of nitrogens with one attached hydrogen (secondary N) is 1. The molecule has 1 aliphatic rings. The van der Waals surface area contributed by atoms with Crippen molar-refractivity contribution in [2.75, 3.05) is 25.0 Å². The van der Waals surface area contributed by atoms with Gasteiger partial charge in [-0.05, 0) is 18.9 Å². The molecule has 2 rings (SSSR count). The van der Waals surface area contributed by atoms with E-state index in [0.717, 1.165) is 11.0 Å². The maximum absolute atomic E-state index is 13.0. The monoisotopic (exact) mass is 405 g/mol. The fourth-order valence-electron chi connectivity index (χ4n) is 2.98. The molecule has 3 N–H and O–H groups in total. The molecule has 0 radical (unpaired) electrons. The van der Waals surface area contributed by atoms with Gasteiger partial charge in [0.1, 0.15) is 12.6 Å². The second kappa shape index (κ2) is 8.67. The molecule has 0 saturated carbocycles. The standard InChI is InChI=1S/C18H23N5O6/c1-10(2)7-21(8-15(19)24)16(25)9-22-11(3)17(26)20-14-5-4-12(23(28)29)6-13(14)18(22)27/h4-6,10-11H,7-9H2,1-3H3,(H2,19,24)(H,20,26)/t11-/m0/s1. The lowest BCUT2D eigenvalue weighted by atomic mass is 10.1. The number of nitro benzene ring substituents is 1. The fourth-order valence-corrected chi connectivity index (χ4v) is 2.98. The van der Waals surface area contributed by atoms with Gasteiger partial charge in [-0.25, -0.2) is 0 Å². The van der Waals surface area contributed by atoms with E-state index < -0.39 is 41.1 Å². The fraction of sp³-hybridized carbons (Fsp3) is 0.444. The lowest BCUT2D eigenvalue weighted by molar-refractivity contribution is -0.384. The van der Waals surface area contributed by atoms with Crippen LogP contribution in [-0.2, 0) is 14.4 Å². The van der Waals surface area contributed by atoms with Crippen molar-refractivity contribution in [2.24, 2.45) is 11.7 Å². The molecule has 0 saturated heterocycles. The first-order valence-corrected chi connectivity index (χ1v) is 8.97. The number of nitrogens with zero attached hydrogens (tertiary/aromatic N) is 3. The number of fused-ring (bicyclic) bond motifs is 1. The molecule has 1 heterocycles. The summed E-state index contributed by atoms with van der Waals surface area (Å²) in [6.07, 6.45) is 0. The first kappa shape index (κ1) is 21.8. The minimum absolute atomic E-state index is 0.0437. The Morgan fingerprint density at radius 1 is 1.34 bits per heavy atom. The van der Waals surface area contributed by atoms with Gasteiger partial charge in [0.2, 0.25) is 17.7 Å². The van der Waals surface area contributed by atoms with Gasteiger partial charge in [0.25, 0.3) is 11.6 Å². The molecule has 11 nitrogen and oxygen atoms in total. The van der Waals surface area contributed by atoms with Crippen molar-refractivity contribution in [2.45, 2.75) is 26.8 Å². The number of nitrogens with two attached hydrogens (primary N) is 1. The summed E-state index contributed by atoms with van der Waals surface area (Å²) in [7, 11) is 0. The number of benzene rings is 1. The Kier molecular flexibility index (Phi) is 6.52. The molecule has 1 aliphatic heterocycles. The zero-order valence-corrected chi connectivity index (χ0v) is 16.4. The van der Waals surface area contributed by atoms with Crippen molar-refractivity contribution in [3.05, 3.63) is 33.9 Å². The van der Waals surface area contributed by atoms with Gasteiger partial charge < -0.3 is 20.9 Å². The van der Waals surface area contributed by atoms with E-state index >= 15 is 0 Å². The van der Waals surface area contributed by atoms with Gasteiger partial charge >= 0.3 is 0 Å². The molecule has 11 heteroatoms. The molecule has 1 atom stereocenters. The van der Waals surface area contributed by atoms with E-state index in [0.29, 0.717) is 0 Å². The van der Waals surface area contributed by atoms with Gasteiger partial charge in [-0.15, -0.1) is 0 Å². The minimum atomic E-state index is -1.01. The number of rotatable bonds is 7. The Labute approximate surface area is 167 Å². The molecule has 1 aromatic carbocycles. The summed E-state index contributed by atoms with van der Waals surface area (Å²) >= 11 is 0. The number of carbonyl (C=O) groups excluding carboxylic acids is 4. The van der Waals surface area contributed by atoms with E-state index in [9.17, 15) is 29.3 Å². The average molecular weight is 405 g/mol. The Morgan fingerprint density at radius 3 is 2.55 bits per heavy atom. The number of amides is 4. The van der Waals surface area contributed by atoms with Crippen molar-refractivity contribution in [3.63, 3.8) is 0 Å². The zero-order valence-electron chi connectivity index (χ0n) is 16.4. The highest BCUT2D eigenvalue weighted by atomic mass is 16.6. The molecule has 0 aromatic heterocycles. The highest BCUT2D eigenvalue weighted by Gasteiger charge is 2.35. The second-order valence-electron chi connectivity index (χ2n) is 7.22. The number of hydrogen-bond acceptors (Lipinski definition) is 6. The minimum Gasteiger partial charge on any atom is -0.368 e. The highest BCUT2D eigenvalue weighted by Crippen LogP contribution is 2.27. The Morgan fingerprint density at radius 2 is 2.00 bits per heavy atom. The maximum atomic E-state index is 13.0. The molecule has 1 aromatic rings. The van der Waals surface area contributed by atoms with Crippen LogP contribution >= 0.6 is 0 Å².